The minimum Gasteiger partial charge on any atom is -0.266 e. The lowest BCUT2D eigenvalue weighted by Gasteiger charge is -1.89. The van der Waals surface area contributed by atoms with Crippen molar-refractivity contribution < 1.29 is 9.00 Å². The second-order valence-corrected chi connectivity index (χ2v) is 3.42. The number of benzene rings is 1. The molecule has 0 radical (unpaired) electrons. The molecule has 0 bridgehead atoms. The van der Waals surface area contributed by atoms with Gasteiger partial charge in [0.05, 0.1) is 21.1 Å². The second-order valence-electron chi connectivity index (χ2n) is 2.20. The first kappa shape index (κ1) is 6.54. The molecule has 0 saturated carbocycles. The van der Waals surface area contributed by atoms with Crippen molar-refractivity contribution in [1.82, 2.24) is 0 Å². The van der Waals surface area contributed by atoms with Crippen LogP contribution >= 0.6 is 0 Å². The van der Waals surface area contributed by atoms with Crippen molar-refractivity contribution in [2.45, 2.75) is 4.90 Å². The Labute approximate surface area is 65.3 Å². The maximum absolute atomic E-state index is 11.0. The highest BCUT2D eigenvalue weighted by atomic mass is 32.2. The summed E-state index contributed by atoms with van der Waals surface area (Å²) in [6.07, 6.45) is 0. The van der Waals surface area contributed by atoms with E-state index in [0.29, 0.717) is 10.5 Å². The van der Waals surface area contributed by atoms with E-state index >= 15 is 0 Å². The Hall–Kier alpha value is -1.16. The Morgan fingerprint density at radius 1 is 1.27 bits per heavy atom. The average Bonchev–Trinajstić information content (AvgIpc) is 2.30. The molecule has 2 rings (SSSR count). The summed E-state index contributed by atoms with van der Waals surface area (Å²) in [7, 11) is -1.79. The fourth-order valence-corrected chi connectivity index (χ4v) is 1.98. The topological polar surface area (TPSA) is 46.5 Å². The number of nitrogens with zero attached hydrogens (tertiary/aromatic N) is 1. The van der Waals surface area contributed by atoms with Crippen molar-refractivity contribution in [1.29, 1.82) is 0 Å². The van der Waals surface area contributed by atoms with Crippen molar-refractivity contribution in [3.05, 3.63) is 29.8 Å². The van der Waals surface area contributed by atoms with Gasteiger partial charge in [-0.25, -0.2) is 4.21 Å². The fourth-order valence-electron chi connectivity index (χ4n) is 1.01. The van der Waals surface area contributed by atoms with Crippen LogP contribution in [0, 0.1) is 0 Å². The first-order valence-electron chi connectivity index (χ1n) is 3.11. The number of hydrogen-bond acceptors (Lipinski definition) is 2. The minimum absolute atomic E-state index is 0.360. The predicted molar refractivity (Wildman–Crippen MR) is 41.0 cm³/mol. The zero-order chi connectivity index (χ0) is 7.84. The maximum atomic E-state index is 11.0. The van der Waals surface area contributed by atoms with Crippen molar-refractivity contribution in [2.24, 2.45) is 4.36 Å². The first-order valence-corrected chi connectivity index (χ1v) is 4.32. The quantitative estimate of drug-likeness (QED) is 0.582. The van der Waals surface area contributed by atoms with Gasteiger partial charge in [0.15, 0.2) is 0 Å². The van der Waals surface area contributed by atoms with E-state index in [0.717, 1.165) is 0 Å². The summed E-state index contributed by atoms with van der Waals surface area (Å²) in [5.41, 5.74) is 0.480. The SMILES string of the molecule is O=C1N=[SH](=O)c2ccccc21. The van der Waals surface area contributed by atoms with Gasteiger partial charge in [0.2, 0.25) is 0 Å². The molecule has 1 unspecified atom stereocenters. The fraction of sp³-hybridized carbons (Fsp3) is 0. The van der Waals surface area contributed by atoms with Gasteiger partial charge in [0, 0.05) is 0 Å². The summed E-state index contributed by atoms with van der Waals surface area (Å²) in [6, 6.07) is 6.80. The molecule has 1 heterocycles. The van der Waals surface area contributed by atoms with Gasteiger partial charge in [-0.2, -0.15) is 4.36 Å². The standard InChI is InChI=1S/C7H5NO2S/c9-7-5-3-1-2-4-6(5)11(10)8-7/h1-4,11H. The summed E-state index contributed by atoms with van der Waals surface area (Å²) >= 11 is 0. The molecule has 56 valence electrons. The minimum atomic E-state index is -1.79. The average molecular weight is 167 g/mol. The third-order valence-electron chi connectivity index (χ3n) is 1.52. The molecule has 1 aliphatic heterocycles. The van der Waals surface area contributed by atoms with Crippen molar-refractivity contribution in [2.75, 3.05) is 0 Å². The van der Waals surface area contributed by atoms with Gasteiger partial charge in [0.25, 0.3) is 5.91 Å². The van der Waals surface area contributed by atoms with E-state index in [4.69, 9.17) is 0 Å². The molecule has 0 aliphatic carbocycles. The molecule has 0 spiro atoms. The number of fused-ring (bicyclic) bond motifs is 1. The Bertz CT molecular complexity index is 405. The summed E-state index contributed by atoms with van der Waals surface area (Å²) in [5.74, 6) is -0.360. The molecule has 3 nitrogen and oxygen atoms in total. The molecule has 0 saturated heterocycles. The lowest BCUT2D eigenvalue weighted by Crippen LogP contribution is -1.88. The van der Waals surface area contributed by atoms with E-state index < -0.39 is 10.6 Å². The van der Waals surface area contributed by atoms with Crippen LogP contribution in [0.25, 0.3) is 0 Å². The number of carbonyl (C=O) groups is 1. The molecule has 4 heteroatoms. The van der Waals surface area contributed by atoms with E-state index in [9.17, 15) is 9.00 Å². The highest BCUT2D eigenvalue weighted by molar-refractivity contribution is 7.75. The summed E-state index contributed by atoms with van der Waals surface area (Å²) < 4.78 is 14.5. The number of hydrogen-bond donors (Lipinski definition) is 1. The molecule has 0 fully saturated rings. The van der Waals surface area contributed by atoms with Crippen LogP contribution in [0.1, 0.15) is 10.4 Å². The van der Waals surface area contributed by atoms with Crippen molar-refractivity contribution in [3.63, 3.8) is 0 Å². The van der Waals surface area contributed by atoms with Gasteiger partial charge in [-0.3, -0.25) is 4.79 Å². The molecule has 11 heavy (non-hydrogen) atoms. The highest BCUT2D eigenvalue weighted by Gasteiger charge is 2.17. The zero-order valence-corrected chi connectivity index (χ0v) is 6.41. The molecular formula is C7H5NO2S. The first-order chi connectivity index (χ1) is 5.29. The monoisotopic (exact) mass is 167 g/mol. The summed E-state index contributed by atoms with van der Waals surface area (Å²) in [4.78, 5) is 11.5. The molecule has 1 aromatic rings. The van der Waals surface area contributed by atoms with Gasteiger partial charge >= 0.3 is 0 Å². The van der Waals surface area contributed by atoms with Crippen LogP contribution in [0.3, 0.4) is 0 Å². The lowest BCUT2D eigenvalue weighted by molar-refractivity contribution is 0.101. The maximum Gasteiger partial charge on any atom is 0.286 e. The number of thiol groups is 1. The van der Waals surface area contributed by atoms with Crippen LogP contribution in [0.5, 0.6) is 0 Å². The number of rotatable bonds is 0. The second kappa shape index (κ2) is 2.17. The smallest absolute Gasteiger partial charge is 0.266 e. The van der Waals surface area contributed by atoms with Gasteiger partial charge in [-0.05, 0) is 12.1 Å². The largest absolute Gasteiger partial charge is 0.286 e. The molecule has 0 aromatic heterocycles. The van der Waals surface area contributed by atoms with Gasteiger partial charge in [-0.15, -0.1) is 0 Å². The van der Waals surface area contributed by atoms with Crippen LogP contribution in [-0.2, 0) is 10.6 Å². The third kappa shape index (κ3) is 0.867. The van der Waals surface area contributed by atoms with Crippen LogP contribution in [-0.4, -0.2) is 10.1 Å². The normalized spacial score (nSPS) is 21.1. The number of carbonyl (C=O) groups excluding carboxylic acids is 1. The lowest BCUT2D eigenvalue weighted by atomic mass is 10.2. The van der Waals surface area contributed by atoms with Crippen LogP contribution in [0.2, 0.25) is 0 Å². The Balaban J connectivity index is 2.81. The molecule has 1 amide bonds. The van der Waals surface area contributed by atoms with Gasteiger partial charge in [-0.1, -0.05) is 12.1 Å². The van der Waals surface area contributed by atoms with Crippen LogP contribution in [0.4, 0.5) is 0 Å². The van der Waals surface area contributed by atoms with Crippen LogP contribution < -0.4 is 0 Å². The third-order valence-corrected chi connectivity index (χ3v) is 2.69. The molecule has 1 aliphatic rings. The van der Waals surface area contributed by atoms with E-state index in [-0.39, 0.29) is 5.91 Å². The Morgan fingerprint density at radius 2 is 2.00 bits per heavy atom. The molecule has 1 atom stereocenters. The molecule has 1 aromatic carbocycles. The summed E-state index contributed by atoms with van der Waals surface area (Å²) in [5, 5.41) is 0. The molecule has 0 N–H and O–H groups in total. The molecular weight excluding hydrogens is 162 g/mol. The van der Waals surface area contributed by atoms with E-state index in [1.807, 2.05) is 0 Å². The predicted octanol–water partition coefficient (Wildman–Crippen LogP) is 0.864. The van der Waals surface area contributed by atoms with Gasteiger partial charge in [0.1, 0.15) is 0 Å². The van der Waals surface area contributed by atoms with E-state index in [2.05, 4.69) is 4.36 Å². The van der Waals surface area contributed by atoms with Crippen LogP contribution in [0.15, 0.2) is 33.5 Å². The van der Waals surface area contributed by atoms with E-state index in [1.165, 1.54) is 0 Å². The van der Waals surface area contributed by atoms with Crippen molar-refractivity contribution >= 4 is 16.5 Å². The van der Waals surface area contributed by atoms with E-state index in [1.54, 1.807) is 24.3 Å². The van der Waals surface area contributed by atoms with Gasteiger partial charge < -0.3 is 0 Å². The Kier molecular flexibility index (Phi) is 1.29. The zero-order valence-electron chi connectivity index (χ0n) is 5.52. The Morgan fingerprint density at radius 3 is 2.73 bits per heavy atom. The summed E-state index contributed by atoms with van der Waals surface area (Å²) in [6.45, 7) is 0. The number of amides is 1. The van der Waals surface area contributed by atoms with Crippen molar-refractivity contribution in [3.8, 4) is 0 Å². The highest BCUT2D eigenvalue weighted by Crippen LogP contribution is 2.18.